The smallest absolute Gasteiger partial charge is 0.408 e. The van der Waals surface area contributed by atoms with Crippen LogP contribution in [0.3, 0.4) is 0 Å². The van der Waals surface area contributed by atoms with Gasteiger partial charge in [0.05, 0.1) is 11.6 Å². The van der Waals surface area contributed by atoms with Gasteiger partial charge in [0, 0.05) is 20.1 Å². The summed E-state index contributed by atoms with van der Waals surface area (Å²) in [5.41, 5.74) is -0.225. The zero-order valence-electron chi connectivity index (χ0n) is 18.9. The first-order valence-electron chi connectivity index (χ1n) is 9.70. The Balaban J connectivity index is 2.63. The van der Waals surface area contributed by atoms with Crippen molar-refractivity contribution < 1.29 is 13.9 Å². The second-order valence-electron chi connectivity index (χ2n) is 8.85. The Labute approximate surface area is 174 Å². The normalized spacial score (nSPS) is 13.8. The highest BCUT2D eigenvalue weighted by Gasteiger charge is 2.25. The number of halogens is 1. The van der Waals surface area contributed by atoms with Crippen molar-refractivity contribution >= 4 is 12.1 Å². The number of nitrogens with one attached hydrogen (secondary N) is 3. The van der Waals surface area contributed by atoms with Gasteiger partial charge in [0.15, 0.2) is 5.96 Å². The molecule has 8 heteroatoms. The lowest BCUT2D eigenvalue weighted by Gasteiger charge is -2.30. The molecule has 1 aromatic carbocycles. The molecule has 0 aliphatic heterocycles. The highest BCUT2D eigenvalue weighted by molar-refractivity contribution is 5.80. The summed E-state index contributed by atoms with van der Waals surface area (Å²) in [6, 6.07) is 6.55. The monoisotopic (exact) mass is 409 g/mol. The van der Waals surface area contributed by atoms with Crippen LogP contribution in [0.5, 0.6) is 0 Å². The minimum absolute atomic E-state index is 0.0304. The topological polar surface area (TPSA) is 78.0 Å². The third kappa shape index (κ3) is 9.60. The highest BCUT2D eigenvalue weighted by atomic mass is 19.1. The number of guanidine groups is 1. The van der Waals surface area contributed by atoms with Gasteiger partial charge >= 0.3 is 6.09 Å². The summed E-state index contributed by atoms with van der Waals surface area (Å²) < 4.78 is 18.9. The molecule has 0 aliphatic carbocycles. The number of hydrogen-bond donors (Lipinski definition) is 3. The van der Waals surface area contributed by atoms with E-state index in [1.54, 1.807) is 13.1 Å². The van der Waals surface area contributed by atoms with E-state index in [9.17, 15) is 9.18 Å². The molecular formula is C21H36FN5O2. The number of aliphatic imine (C=N–C) groups is 1. The predicted octanol–water partition coefficient (Wildman–Crippen LogP) is 2.90. The fourth-order valence-electron chi connectivity index (χ4n) is 2.66. The minimum atomic E-state index is -0.552. The summed E-state index contributed by atoms with van der Waals surface area (Å²) in [6.45, 7) is 10.2. The largest absolute Gasteiger partial charge is 0.444 e. The summed E-state index contributed by atoms with van der Waals surface area (Å²) in [5.74, 6) is 0.333. The first-order valence-corrected chi connectivity index (χ1v) is 9.70. The molecule has 0 spiro atoms. The molecule has 29 heavy (non-hydrogen) atoms. The molecule has 164 valence electrons. The molecule has 1 amide bonds. The van der Waals surface area contributed by atoms with Crippen LogP contribution >= 0.6 is 0 Å². The number of benzene rings is 1. The van der Waals surface area contributed by atoms with Crippen LogP contribution < -0.4 is 16.0 Å². The van der Waals surface area contributed by atoms with Crippen LogP contribution in [0.2, 0.25) is 0 Å². The van der Waals surface area contributed by atoms with Gasteiger partial charge in [-0.25, -0.2) is 9.18 Å². The fraction of sp³-hybridized carbons (Fsp3) is 0.619. The maximum atomic E-state index is 13.6. The second kappa shape index (κ2) is 10.4. The van der Waals surface area contributed by atoms with E-state index < -0.39 is 17.2 Å². The Bertz CT molecular complexity index is 699. The molecule has 1 aromatic rings. The third-order valence-electron chi connectivity index (χ3n) is 4.08. The number of amides is 1. The number of carbonyl (C=O) groups is 1. The Kier molecular flexibility index (Phi) is 8.88. The first-order chi connectivity index (χ1) is 13.3. The average molecular weight is 410 g/mol. The number of ether oxygens (including phenoxy) is 1. The van der Waals surface area contributed by atoms with Gasteiger partial charge in [0.25, 0.3) is 0 Å². The lowest BCUT2D eigenvalue weighted by molar-refractivity contribution is 0.0474. The third-order valence-corrected chi connectivity index (χ3v) is 4.08. The van der Waals surface area contributed by atoms with Crippen molar-refractivity contribution in [2.75, 3.05) is 34.2 Å². The van der Waals surface area contributed by atoms with Crippen LogP contribution in [-0.4, -0.2) is 62.3 Å². The predicted molar refractivity (Wildman–Crippen MR) is 116 cm³/mol. The summed E-state index contributed by atoms with van der Waals surface area (Å²) >= 11 is 0. The van der Waals surface area contributed by atoms with Crippen molar-refractivity contribution in [3.63, 3.8) is 0 Å². The van der Waals surface area contributed by atoms with Crippen molar-refractivity contribution in [1.82, 2.24) is 20.9 Å². The van der Waals surface area contributed by atoms with Crippen LogP contribution in [0.1, 0.15) is 46.2 Å². The SMILES string of the molecule is CN=C(NCC(c1cccc(F)c1)N(C)C)NCC(C)(C)NC(=O)OC(C)(C)C. The Morgan fingerprint density at radius 2 is 1.86 bits per heavy atom. The van der Waals surface area contributed by atoms with Crippen LogP contribution in [0.4, 0.5) is 9.18 Å². The van der Waals surface area contributed by atoms with E-state index in [-0.39, 0.29) is 11.9 Å². The highest BCUT2D eigenvalue weighted by Crippen LogP contribution is 2.18. The van der Waals surface area contributed by atoms with E-state index in [1.807, 2.05) is 59.7 Å². The molecule has 7 nitrogen and oxygen atoms in total. The molecule has 1 rings (SSSR count). The molecule has 0 fully saturated rings. The maximum Gasteiger partial charge on any atom is 0.408 e. The van der Waals surface area contributed by atoms with Gasteiger partial charge < -0.3 is 25.6 Å². The van der Waals surface area contributed by atoms with Gasteiger partial charge in [0.2, 0.25) is 0 Å². The Hall–Kier alpha value is -2.35. The standard InChI is InChI=1S/C21H36FN5O2/c1-20(2,3)29-19(28)26-21(4,5)14-25-18(23-6)24-13-17(27(7)8)15-10-9-11-16(22)12-15/h9-12,17H,13-14H2,1-8H3,(H,26,28)(H2,23,24,25). The number of likely N-dealkylation sites (N-methyl/N-ethyl adjacent to an activating group) is 1. The van der Waals surface area contributed by atoms with Gasteiger partial charge in [-0.05, 0) is 66.4 Å². The number of rotatable bonds is 7. The summed E-state index contributed by atoms with van der Waals surface area (Å²) in [4.78, 5) is 18.3. The molecule has 3 N–H and O–H groups in total. The first kappa shape index (κ1) is 24.7. The molecule has 0 saturated carbocycles. The zero-order chi connectivity index (χ0) is 22.2. The van der Waals surface area contributed by atoms with E-state index in [0.717, 1.165) is 5.56 Å². The molecule has 0 heterocycles. The average Bonchev–Trinajstić information content (AvgIpc) is 2.55. The molecule has 0 radical (unpaired) electrons. The Morgan fingerprint density at radius 1 is 1.21 bits per heavy atom. The number of carbonyl (C=O) groups excluding carboxylic acids is 1. The van der Waals surface area contributed by atoms with Crippen molar-refractivity contribution in [2.45, 2.75) is 51.8 Å². The van der Waals surface area contributed by atoms with Gasteiger partial charge in [-0.1, -0.05) is 12.1 Å². The van der Waals surface area contributed by atoms with Crippen LogP contribution in [-0.2, 0) is 4.74 Å². The fourth-order valence-corrected chi connectivity index (χ4v) is 2.66. The van der Waals surface area contributed by atoms with E-state index in [0.29, 0.717) is 19.0 Å². The molecular weight excluding hydrogens is 373 g/mol. The molecule has 0 saturated heterocycles. The van der Waals surface area contributed by atoms with Crippen LogP contribution in [0, 0.1) is 5.82 Å². The van der Waals surface area contributed by atoms with Crippen molar-refractivity contribution in [1.29, 1.82) is 0 Å². The molecule has 0 aromatic heterocycles. The van der Waals surface area contributed by atoms with Crippen LogP contribution in [0.25, 0.3) is 0 Å². The second-order valence-corrected chi connectivity index (χ2v) is 8.85. The lowest BCUT2D eigenvalue weighted by Crippen LogP contribution is -2.54. The van der Waals surface area contributed by atoms with Crippen molar-refractivity contribution in [2.24, 2.45) is 4.99 Å². The number of hydrogen-bond acceptors (Lipinski definition) is 4. The van der Waals surface area contributed by atoms with E-state index in [4.69, 9.17) is 4.74 Å². The molecule has 1 unspecified atom stereocenters. The quantitative estimate of drug-likeness (QED) is 0.477. The van der Waals surface area contributed by atoms with Gasteiger partial charge in [-0.3, -0.25) is 4.99 Å². The van der Waals surface area contributed by atoms with E-state index in [2.05, 4.69) is 20.9 Å². The number of nitrogens with zero attached hydrogens (tertiary/aromatic N) is 2. The van der Waals surface area contributed by atoms with Gasteiger partial charge in [0.1, 0.15) is 11.4 Å². The molecule has 0 aliphatic rings. The van der Waals surface area contributed by atoms with Crippen LogP contribution in [0.15, 0.2) is 29.3 Å². The van der Waals surface area contributed by atoms with E-state index in [1.165, 1.54) is 12.1 Å². The van der Waals surface area contributed by atoms with Gasteiger partial charge in [-0.15, -0.1) is 0 Å². The van der Waals surface area contributed by atoms with Gasteiger partial charge in [-0.2, -0.15) is 0 Å². The summed E-state index contributed by atoms with van der Waals surface area (Å²) in [6.07, 6.45) is -0.467. The molecule has 0 bridgehead atoms. The number of alkyl carbamates (subject to hydrolysis) is 1. The van der Waals surface area contributed by atoms with Crippen molar-refractivity contribution in [3.8, 4) is 0 Å². The molecule has 1 atom stereocenters. The van der Waals surface area contributed by atoms with Crippen molar-refractivity contribution in [3.05, 3.63) is 35.6 Å². The Morgan fingerprint density at radius 3 is 2.38 bits per heavy atom. The van der Waals surface area contributed by atoms with E-state index >= 15 is 0 Å². The summed E-state index contributed by atoms with van der Waals surface area (Å²) in [5, 5.41) is 9.33. The minimum Gasteiger partial charge on any atom is -0.444 e. The lowest BCUT2D eigenvalue weighted by atomic mass is 10.1. The summed E-state index contributed by atoms with van der Waals surface area (Å²) in [7, 11) is 5.57. The zero-order valence-corrected chi connectivity index (χ0v) is 18.9. The maximum absolute atomic E-state index is 13.6.